The van der Waals surface area contributed by atoms with Crippen molar-refractivity contribution in [3.8, 4) is 5.75 Å². The summed E-state index contributed by atoms with van der Waals surface area (Å²) < 4.78 is 5.45. The molecule has 0 bridgehead atoms. The van der Waals surface area contributed by atoms with Crippen LogP contribution in [0.2, 0.25) is 5.02 Å². The molecule has 0 heterocycles. The molecule has 106 valence electrons. The molecule has 1 aromatic carbocycles. The van der Waals surface area contributed by atoms with Gasteiger partial charge in [-0.25, -0.2) is 0 Å². The number of carbonyl (C=O) groups excluding carboxylic acids is 1. The van der Waals surface area contributed by atoms with Crippen molar-refractivity contribution in [1.82, 2.24) is 0 Å². The van der Waals surface area contributed by atoms with Gasteiger partial charge in [-0.3, -0.25) is 4.79 Å². The molecule has 4 nitrogen and oxygen atoms in total. The van der Waals surface area contributed by atoms with Gasteiger partial charge in [-0.05, 0) is 31.0 Å². The Balaban J connectivity index is 2.85. The van der Waals surface area contributed by atoms with E-state index < -0.39 is 6.04 Å². The second-order valence-corrected chi connectivity index (χ2v) is 4.91. The van der Waals surface area contributed by atoms with E-state index in [4.69, 9.17) is 22.1 Å². The fourth-order valence-corrected chi connectivity index (χ4v) is 1.78. The smallest absolute Gasteiger partial charge is 0.241 e. The molecule has 0 aliphatic heterocycles. The lowest BCUT2D eigenvalue weighted by Gasteiger charge is -2.19. The molecule has 3 N–H and O–H groups in total. The molecule has 0 spiro atoms. The number of nitrogens with one attached hydrogen (secondary N) is 1. The predicted molar refractivity (Wildman–Crippen MR) is 78.7 cm³/mol. The number of nitrogens with two attached hydrogens (primary N) is 1. The number of rotatable bonds is 6. The van der Waals surface area contributed by atoms with Gasteiger partial charge in [0.2, 0.25) is 5.91 Å². The van der Waals surface area contributed by atoms with E-state index in [0.29, 0.717) is 23.1 Å². The summed E-state index contributed by atoms with van der Waals surface area (Å²) in [6, 6.07) is 4.57. The number of hydrogen-bond acceptors (Lipinski definition) is 3. The molecule has 2 atom stereocenters. The highest BCUT2D eigenvalue weighted by molar-refractivity contribution is 6.31. The van der Waals surface area contributed by atoms with Gasteiger partial charge in [0.05, 0.1) is 18.3 Å². The highest BCUT2D eigenvalue weighted by atomic mass is 35.5. The Bertz CT molecular complexity index is 437. The van der Waals surface area contributed by atoms with E-state index in [1.54, 1.807) is 18.2 Å². The highest BCUT2D eigenvalue weighted by Gasteiger charge is 2.20. The Labute approximate surface area is 119 Å². The van der Waals surface area contributed by atoms with Gasteiger partial charge in [0.25, 0.3) is 0 Å². The molecule has 0 saturated carbocycles. The van der Waals surface area contributed by atoms with E-state index in [0.717, 1.165) is 6.42 Å². The summed E-state index contributed by atoms with van der Waals surface area (Å²) in [7, 11) is 0. The largest absolute Gasteiger partial charge is 0.492 e. The van der Waals surface area contributed by atoms with Crippen molar-refractivity contribution in [2.75, 3.05) is 11.9 Å². The van der Waals surface area contributed by atoms with Gasteiger partial charge >= 0.3 is 0 Å². The standard InChI is InChI=1S/C14H21ClN2O2/c1-4-9(3)13(16)14(18)17-11-8-10(15)6-7-12(11)19-5-2/h6-9,13H,4-5,16H2,1-3H3,(H,17,18)/t9-,13-/m0/s1. The maximum atomic E-state index is 12.0. The molecule has 0 radical (unpaired) electrons. The van der Waals surface area contributed by atoms with Crippen LogP contribution < -0.4 is 15.8 Å². The predicted octanol–water partition coefficient (Wildman–Crippen LogP) is 3.05. The SMILES string of the molecule is CCOc1ccc(Cl)cc1NC(=O)[C@@H](N)[C@@H](C)CC. The highest BCUT2D eigenvalue weighted by Crippen LogP contribution is 2.28. The minimum Gasteiger partial charge on any atom is -0.492 e. The fourth-order valence-electron chi connectivity index (χ4n) is 1.61. The van der Waals surface area contributed by atoms with Crippen molar-refractivity contribution < 1.29 is 9.53 Å². The summed E-state index contributed by atoms with van der Waals surface area (Å²) in [6.07, 6.45) is 0.850. The first kappa shape index (κ1) is 15.8. The van der Waals surface area contributed by atoms with E-state index in [-0.39, 0.29) is 11.8 Å². The molecule has 0 aromatic heterocycles. The van der Waals surface area contributed by atoms with Crippen LogP contribution >= 0.6 is 11.6 Å². The molecule has 0 aliphatic rings. The average Bonchev–Trinajstić information content (AvgIpc) is 2.40. The molecule has 1 aromatic rings. The third kappa shape index (κ3) is 4.40. The number of halogens is 1. The summed E-state index contributed by atoms with van der Waals surface area (Å²) in [4.78, 5) is 12.0. The summed E-state index contributed by atoms with van der Waals surface area (Å²) in [5.41, 5.74) is 6.45. The van der Waals surface area contributed by atoms with Crippen LogP contribution in [-0.4, -0.2) is 18.6 Å². The van der Waals surface area contributed by atoms with Crippen molar-refractivity contribution >= 4 is 23.2 Å². The molecule has 0 aliphatic carbocycles. The molecule has 0 saturated heterocycles. The first-order valence-electron chi connectivity index (χ1n) is 6.48. The van der Waals surface area contributed by atoms with Crippen molar-refractivity contribution in [1.29, 1.82) is 0 Å². The Hall–Kier alpha value is -1.26. The van der Waals surface area contributed by atoms with E-state index >= 15 is 0 Å². The van der Waals surface area contributed by atoms with Crippen LogP contribution in [0.25, 0.3) is 0 Å². The Morgan fingerprint density at radius 3 is 2.74 bits per heavy atom. The van der Waals surface area contributed by atoms with Gasteiger partial charge in [-0.15, -0.1) is 0 Å². The maximum absolute atomic E-state index is 12.0. The van der Waals surface area contributed by atoms with Crippen LogP contribution in [0.5, 0.6) is 5.75 Å². The van der Waals surface area contributed by atoms with Gasteiger partial charge in [0, 0.05) is 5.02 Å². The molecular weight excluding hydrogens is 264 g/mol. The second kappa shape index (κ2) is 7.36. The minimum atomic E-state index is -0.543. The van der Waals surface area contributed by atoms with Crippen molar-refractivity contribution in [3.05, 3.63) is 23.2 Å². The average molecular weight is 285 g/mol. The third-order valence-corrected chi connectivity index (χ3v) is 3.29. The first-order valence-corrected chi connectivity index (χ1v) is 6.86. The zero-order chi connectivity index (χ0) is 14.4. The second-order valence-electron chi connectivity index (χ2n) is 4.47. The number of hydrogen-bond donors (Lipinski definition) is 2. The summed E-state index contributed by atoms with van der Waals surface area (Å²) in [5, 5.41) is 3.32. The van der Waals surface area contributed by atoms with Crippen molar-refractivity contribution in [2.45, 2.75) is 33.2 Å². The van der Waals surface area contributed by atoms with Gasteiger partial charge < -0.3 is 15.8 Å². The van der Waals surface area contributed by atoms with Crippen LogP contribution in [0.15, 0.2) is 18.2 Å². The van der Waals surface area contributed by atoms with Crippen LogP contribution in [0, 0.1) is 5.92 Å². The lowest BCUT2D eigenvalue weighted by Crippen LogP contribution is -2.40. The topological polar surface area (TPSA) is 64.3 Å². The van der Waals surface area contributed by atoms with Crippen LogP contribution in [0.1, 0.15) is 27.2 Å². The Kier molecular flexibility index (Phi) is 6.12. The molecular formula is C14H21ClN2O2. The summed E-state index contributed by atoms with van der Waals surface area (Å²) in [6.45, 7) is 6.35. The van der Waals surface area contributed by atoms with E-state index in [9.17, 15) is 4.79 Å². The van der Waals surface area contributed by atoms with Gasteiger partial charge in [-0.1, -0.05) is 31.9 Å². The van der Waals surface area contributed by atoms with E-state index in [1.807, 2.05) is 20.8 Å². The molecule has 19 heavy (non-hydrogen) atoms. The fraction of sp³-hybridized carbons (Fsp3) is 0.500. The third-order valence-electron chi connectivity index (χ3n) is 3.06. The zero-order valence-electron chi connectivity index (χ0n) is 11.6. The van der Waals surface area contributed by atoms with Crippen molar-refractivity contribution in [3.63, 3.8) is 0 Å². The number of anilines is 1. The number of ether oxygens (including phenoxy) is 1. The summed E-state index contributed by atoms with van der Waals surface area (Å²) >= 11 is 5.93. The monoisotopic (exact) mass is 284 g/mol. The molecule has 1 amide bonds. The molecule has 1 rings (SSSR count). The lowest BCUT2D eigenvalue weighted by atomic mass is 9.99. The first-order chi connectivity index (χ1) is 8.99. The minimum absolute atomic E-state index is 0.120. The van der Waals surface area contributed by atoms with Gasteiger partial charge in [-0.2, -0.15) is 0 Å². The molecule has 5 heteroatoms. The number of amides is 1. The van der Waals surface area contributed by atoms with Crippen LogP contribution in [-0.2, 0) is 4.79 Å². The lowest BCUT2D eigenvalue weighted by molar-refractivity contribution is -0.118. The molecule has 0 fully saturated rings. The maximum Gasteiger partial charge on any atom is 0.241 e. The van der Waals surface area contributed by atoms with Gasteiger partial charge in [0.15, 0.2) is 0 Å². The van der Waals surface area contributed by atoms with Gasteiger partial charge in [0.1, 0.15) is 5.75 Å². The zero-order valence-corrected chi connectivity index (χ0v) is 12.3. The normalized spacial score (nSPS) is 13.7. The van der Waals surface area contributed by atoms with Crippen LogP contribution in [0.3, 0.4) is 0 Å². The Morgan fingerprint density at radius 2 is 2.16 bits per heavy atom. The number of benzene rings is 1. The van der Waals surface area contributed by atoms with Crippen molar-refractivity contribution in [2.24, 2.45) is 11.7 Å². The molecule has 0 unspecified atom stereocenters. The number of carbonyl (C=O) groups is 1. The van der Waals surface area contributed by atoms with E-state index in [2.05, 4.69) is 5.32 Å². The Morgan fingerprint density at radius 1 is 1.47 bits per heavy atom. The van der Waals surface area contributed by atoms with E-state index in [1.165, 1.54) is 0 Å². The summed E-state index contributed by atoms with van der Waals surface area (Å²) in [5.74, 6) is 0.490. The van der Waals surface area contributed by atoms with Crippen LogP contribution in [0.4, 0.5) is 5.69 Å². The quantitative estimate of drug-likeness (QED) is 0.844.